The summed E-state index contributed by atoms with van der Waals surface area (Å²) in [6, 6.07) is 9.78. The smallest absolute Gasteiger partial charge is 0.410 e. The second-order valence-corrected chi connectivity index (χ2v) is 8.29. The van der Waals surface area contributed by atoms with E-state index in [9.17, 15) is 9.59 Å². The van der Waals surface area contributed by atoms with Gasteiger partial charge in [-0.3, -0.25) is 0 Å². The van der Waals surface area contributed by atoms with Gasteiger partial charge in [-0.25, -0.2) is 9.59 Å². The maximum absolute atomic E-state index is 12.1. The number of piperidine rings is 1. The molecule has 6 heteroatoms. The highest BCUT2D eigenvalue weighted by molar-refractivity contribution is 5.69. The lowest BCUT2D eigenvalue weighted by Gasteiger charge is -2.34. The van der Waals surface area contributed by atoms with Crippen LogP contribution in [0.5, 0.6) is 0 Å². The molecule has 26 heavy (non-hydrogen) atoms. The molecule has 1 aromatic rings. The molecule has 3 rings (SSSR count). The third kappa shape index (κ3) is 4.68. The SMILES string of the molecule is CC(C)(C)OC(=O)N1CCC2(CC1)C[C@@H]2NC(=O)OCc1ccccc1. The van der Waals surface area contributed by atoms with Crippen LogP contribution in [-0.2, 0) is 16.1 Å². The highest BCUT2D eigenvalue weighted by Gasteiger charge is 2.56. The van der Waals surface area contributed by atoms with E-state index in [-0.39, 0.29) is 30.3 Å². The molecule has 6 nitrogen and oxygen atoms in total. The van der Waals surface area contributed by atoms with E-state index in [1.807, 2.05) is 51.1 Å². The first kappa shape index (κ1) is 18.5. The zero-order chi connectivity index (χ0) is 18.8. The van der Waals surface area contributed by atoms with Crippen molar-refractivity contribution in [3.63, 3.8) is 0 Å². The van der Waals surface area contributed by atoms with Gasteiger partial charge in [0.25, 0.3) is 0 Å². The quantitative estimate of drug-likeness (QED) is 0.892. The first-order valence-electron chi connectivity index (χ1n) is 9.23. The minimum atomic E-state index is -0.474. The number of carbonyl (C=O) groups is 2. The van der Waals surface area contributed by atoms with Crippen LogP contribution in [0, 0.1) is 5.41 Å². The predicted octanol–water partition coefficient (Wildman–Crippen LogP) is 3.70. The molecule has 1 aliphatic carbocycles. The van der Waals surface area contributed by atoms with E-state index < -0.39 is 5.60 Å². The number of amides is 2. The third-order valence-corrected chi connectivity index (χ3v) is 5.11. The van der Waals surface area contributed by atoms with Crippen molar-refractivity contribution in [2.75, 3.05) is 13.1 Å². The molecule has 0 unspecified atom stereocenters. The van der Waals surface area contributed by atoms with Crippen LogP contribution < -0.4 is 5.32 Å². The fraction of sp³-hybridized carbons (Fsp3) is 0.600. The lowest BCUT2D eigenvalue weighted by Crippen LogP contribution is -2.44. The first-order chi connectivity index (χ1) is 12.3. The zero-order valence-corrected chi connectivity index (χ0v) is 15.8. The number of alkyl carbamates (subject to hydrolysis) is 1. The lowest BCUT2D eigenvalue weighted by molar-refractivity contribution is 0.0167. The van der Waals surface area contributed by atoms with E-state index in [1.165, 1.54) is 0 Å². The number of rotatable bonds is 3. The van der Waals surface area contributed by atoms with Crippen molar-refractivity contribution in [3.8, 4) is 0 Å². The van der Waals surface area contributed by atoms with Gasteiger partial charge >= 0.3 is 12.2 Å². The maximum Gasteiger partial charge on any atom is 0.410 e. The summed E-state index contributed by atoms with van der Waals surface area (Å²) >= 11 is 0. The second-order valence-electron chi connectivity index (χ2n) is 8.29. The highest BCUT2D eigenvalue weighted by Crippen LogP contribution is 2.54. The summed E-state index contributed by atoms with van der Waals surface area (Å²) in [5.41, 5.74) is 0.613. The van der Waals surface area contributed by atoms with Gasteiger partial charge in [0.05, 0.1) is 0 Å². The van der Waals surface area contributed by atoms with E-state index in [0.29, 0.717) is 13.1 Å². The Morgan fingerprint density at radius 1 is 1.19 bits per heavy atom. The molecule has 1 atom stereocenters. The molecule has 2 fully saturated rings. The Hall–Kier alpha value is -2.24. The minimum absolute atomic E-state index is 0.115. The van der Waals surface area contributed by atoms with Crippen LogP contribution in [0.3, 0.4) is 0 Å². The number of nitrogens with one attached hydrogen (secondary N) is 1. The Labute approximate surface area is 154 Å². The number of carbonyl (C=O) groups excluding carboxylic acids is 2. The molecule has 1 aromatic carbocycles. The number of nitrogens with zero attached hydrogens (tertiary/aromatic N) is 1. The van der Waals surface area contributed by atoms with E-state index in [4.69, 9.17) is 9.47 Å². The number of benzene rings is 1. The van der Waals surface area contributed by atoms with Gasteiger partial charge in [-0.2, -0.15) is 0 Å². The summed E-state index contributed by atoms with van der Waals surface area (Å²) in [5, 5.41) is 2.97. The Morgan fingerprint density at radius 3 is 2.46 bits per heavy atom. The summed E-state index contributed by atoms with van der Waals surface area (Å²) in [7, 11) is 0. The maximum atomic E-state index is 12.1. The molecule has 1 spiro atoms. The van der Waals surface area contributed by atoms with E-state index in [2.05, 4.69) is 5.32 Å². The van der Waals surface area contributed by atoms with Crippen LogP contribution in [-0.4, -0.2) is 41.8 Å². The van der Waals surface area contributed by atoms with Crippen LogP contribution >= 0.6 is 0 Å². The average molecular weight is 360 g/mol. The Balaban J connectivity index is 1.40. The van der Waals surface area contributed by atoms with Gasteiger partial charge < -0.3 is 19.7 Å². The van der Waals surface area contributed by atoms with E-state index in [1.54, 1.807) is 4.90 Å². The number of hydrogen-bond donors (Lipinski definition) is 1. The monoisotopic (exact) mass is 360 g/mol. The van der Waals surface area contributed by atoms with Gasteiger partial charge in [0.1, 0.15) is 12.2 Å². The van der Waals surface area contributed by atoms with Crippen molar-refractivity contribution in [2.45, 2.75) is 58.3 Å². The topological polar surface area (TPSA) is 67.9 Å². The minimum Gasteiger partial charge on any atom is -0.445 e. The standard InChI is InChI=1S/C20H28N2O4/c1-19(2,3)26-18(24)22-11-9-20(10-12-22)13-16(20)21-17(23)25-14-15-7-5-4-6-8-15/h4-8,16H,9-14H2,1-3H3,(H,21,23)/t16-/m0/s1. The normalized spacial score (nSPS) is 21.2. The van der Waals surface area contributed by atoms with Crippen molar-refractivity contribution in [3.05, 3.63) is 35.9 Å². The van der Waals surface area contributed by atoms with Crippen molar-refractivity contribution in [2.24, 2.45) is 5.41 Å². The Bertz CT molecular complexity index is 646. The summed E-state index contributed by atoms with van der Waals surface area (Å²) < 4.78 is 10.7. The van der Waals surface area contributed by atoms with Gasteiger partial charge in [-0.15, -0.1) is 0 Å². The summed E-state index contributed by atoms with van der Waals surface area (Å²) in [5.74, 6) is 0. The van der Waals surface area contributed by atoms with Gasteiger partial charge in [0.2, 0.25) is 0 Å². The molecule has 0 radical (unpaired) electrons. The fourth-order valence-electron chi connectivity index (χ4n) is 3.47. The summed E-state index contributed by atoms with van der Waals surface area (Å²) in [4.78, 5) is 25.9. The molecule has 1 saturated heterocycles. The first-order valence-corrected chi connectivity index (χ1v) is 9.23. The molecular formula is C20H28N2O4. The molecule has 142 valence electrons. The van der Waals surface area contributed by atoms with E-state index in [0.717, 1.165) is 24.8 Å². The summed E-state index contributed by atoms with van der Waals surface area (Å²) in [6.07, 6.45) is 2.10. The highest BCUT2D eigenvalue weighted by atomic mass is 16.6. The molecule has 1 heterocycles. The van der Waals surface area contributed by atoms with E-state index >= 15 is 0 Å². The lowest BCUT2D eigenvalue weighted by atomic mass is 9.93. The number of ether oxygens (including phenoxy) is 2. The number of hydrogen-bond acceptors (Lipinski definition) is 4. The van der Waals surface area contributed by atoms with Crippen LogP contribution in [0.1, 0.15) is 45.6 Å². The molecule has 2 amide bonds. The largest absolute Gasteiger partial charge is 0.445 e. The average Bonchev–Trinajstić information content (AvgIpc) is 3.24. The van der Waals surface area contributed by atoms with Crippen LogP contribution in [0.25, 0.3) is 0 Å². The second kappa shape index (κ2) is 7.17. The Morgan fingerprint density at radius 2 is 1.85 bits per heavy atom. The van der Waals surface area contributed by atoms with Gasteiger partial charge in [0.15, 0.2) is 0 Å². The van der Waals surface area contributed by atoms with Gasteiger partial charge in [-0.1, -0.05) is 30.3 Å². The van der Waals surface area contributed by atoms with Crippen molar-refractivity contribution >= 4 is 12.2 Å². The zero-order valence-electron chi connectivity index (χ0n) is 15.8. The van der Waals surface area contributed by atoms with Crippen LogP contribution in [0.15, 0.2) is 30.3 Å². The molecule has 1 saturated carbocycles. The van der Waals surface area contributed by atoms with Crippen molar-refractivity contribution in [1.82, 2.24) is 10.2 Å². The molecular weight excluding hydrogens is 332 g/mol. The van der Waals surface area contributed by atoms with Gasteiger partial charge in [0, 0.05) is 19.1 Å². The van der Waals surface area contributed by atoms with Crippen molar-refractivity contribution in [1.29, 1.82) is 0 Å². The predicted molar refractivity (Wildman–Crippen MR) is 97.6 cm³/mol. The molecule has 2 aliphatic rings. The third-order valence-electron chi connectivity index (χ3n) is 5.11. The Kier molecular flexibility index (Phi) is 5.12. The molecule has 1 aliphatic heterocycles. The van der Waals surface area contributed by atoms with Crippen molar-refractivity contribution < 1.29 is 19.1 Å². The fourth-order valence-corrected chi connectivity index (χ4v) is 3.47. The van der Waals surface area contributed by atoms with Crippen LogP contribution in [0.2, 0.25) is 0 Å². The molecule has 1 N–H and O–H groups in total. The number of likely N-dealkylation sites (tertiary alicyclic amines) is 1. The van der Waals surface area contributed by atoms with Crippen LogP contribution in [0.4, 0.5) is 9.59 Å². The molecule has 0 aromatic heterocycles. The van der Waals surface area contributed by atoms with Gasteiger partial charge in [-0.05, 0) is 51.0 Å². The molecule has 0 bridgehead atoms. The summed E-state index contributed by atoms with van der Waals surface area (Å²) in [6.45, 7) is 7.24.